The summed E-state index contributed by atoms with van der Waals surface area (Å²) in [7, 11) is 1.53. The number of halogens is 3. The predicted octanol–water partition coefficient (Wildman–Crippen LogP) is 3.23. The summed E-state index contributed by atoms with van der Waals surface area (Å²) in [4.78, 5) is 43.7. The Kier molecular flexibility index (Phi) is 6.66. The number of alkyl halides is 2. The minimum absolute atomic E-state index is 0.0445. The largest absolute Gasteiger partial charge is 0.435 e. The van der Waals surface area contributed by atoms with Crippen LogP contribution in [-0.4, -0.2) is 39.6 Å². The molecule has 0 unspecified atom stereocenters. The topological polar surface area (TPSA) is 114 Å². The number of rotatable bonds is 7. The van der Waals surface area contributed by atoms with Gasteiger partial charge in [-0.1, -0.05) is 0 Å². The lowest BCUT2D eigenvalue weighted by Gasteiger charge is -2.30. The van der Waals surface area contributed by atoms with E-state index in [-0.39, 0.29) is 58.7 Å². The van der Waals surface area contributed by atoms with Crippen molar-refractivity contribution in [3.8, 4) is 16.9 Å². The van der Waals surface area contributed by atoms with Gasteiger partial charge in [0.05, 0.1) is 12.2 Å². The second-order valence-electron chi connectivity index (χ2n) is 9.17. The van der Waals surface area contributed by atoms with Crippen LogP contribution in [0.3, 0.4) is 0 Å². The van der Waals surface area contributed by atoms with Gasteiger partial charge in [-0.15, -0.1) is 0 Å². The molecule has 2 aliphatic rings. The second-order valence-corrected chi connectivity index (χ2v) is 9.17. The number of aromatic nitrogens is 2. The van der Waals surface area contributed by atoms with Crippen molar-refractivity contribution in [2.75, 3.05) is 16.8 Å². The number of fused-ring (bicyclic) bond motifs is 1. The SMILES string of the molecule is Cn1cc(-c2ccnc(N3CCc4cc(OC(F)F)cc(F)c4C3=O)c2CO)cc(NC(=O)C2CC2)c1=O. The van der Waals surface area contributed by atoms with E-state index in [0.29, 0.717) is 11.1 Å². The number of anilines is 2. The smallest absolute Gasteiger partial charge is 0.387 e. The normalized spacial score (nSPS) is 15.0. The van der Waals surface area contributed by atoms with Crippen molar-refractivity contribution in [3.63, 3.8) is 0 Å². The van der Waals surface area contributed by atoms with Crippen LogP contribution in [0.1, 0.15) is 34.3 Å². The van der Waals surface area contributed by atoms with E-state index in [1.165, 1.54) is 41.0 Å². The first kappa shape index (κ1) is 25.5. The third kappa shape index (κ3) is 4.74. The first-order valence-corrected chi connectivity index (χ1v) is 11.9. The quantitative estimate of drug-likeness (QED) is 0.487. The molecule has 2 N–H and O–H groups in total. The van der Waals surface area contributed by atoms with E-state index in [4.69, 9.17) is 0 Å². The highest BCUT2D eigenvalue weighted by Crippen LogP contribution is 2.35. The van der Waals surface area contributed by atoms with E-state index in [2.05, 4.69) is 15.0 Å². The minimum atomic E-state index is -3.14. The van der Waals surface area contributed by atoms with E-state index in [9.17, 15) is 32.7 Å². The van der Waals surface area contributed by atoms with Crippen molar-refractivity contribution in [1.29, 1.82) is 0 Å². The van der Waals surface area contributed by atoms with Gasteiger partial charge in [-0.2, -0.15) is 8.78 Å². The molecule has 0 atom stereocenters. The molecular weight excluding hydrogens is 505 g/mol. The fraction of sp³-hybridized carbons (Fsp3) is 0.308. The minimum Gasteiger partial charge on any atom is -0.435 e. The van der Waals surface area contributed by atoms with E-state index in [0.717, 1.165) is 18.9 Å². The highest BCUT2D eigenvalue weighted by molar-refractivity contribution is 6.08. The third-order valence-corrected chi connectivity index (χ3v) is 6.58. The van der Waals surface area contributed by atoms with Crippen LogP contribution in [0.15, 0.2) is 41.5 Å². The van der Waals surface area contributed by atoms with E-state index in [1.54, 1.807) is 6.07 Å². The van der Waals surface area contributed by atoms with Gasteiger partial charge >= 0.3 is 6.61 Å². The molecule has 0 radical (unpaired) electrons. The number of nitrogens with one attached hydrogen (secondary N) is 1. The van der Waals surface area contributed by atoms with Crippen LogP contribution in [0.4, 0.5) is 24.7 Å². The maximum absolute atomic E-state index is 14.8. The van der Waals surface area contributed by atoms with Gasteiger partial charge in [0.25, 0.3) is 11.5 Å². The lowest BCUT2D eigenvalue weighted by molar-refractivity contribution is -0.117. The van der Waals surface area contributed by atoms with Gasteiger partial charge in [-0.05, 0) is 48.6 Å². The highest BCUT2D eigenvalue weighted by atomic mass is 19.3. The number of carbonyl (C=O) groups is 2. The van der Waals surface area contributed by atoms with E-state index in [1.807, 2.05) is 0 Å². The lowest BCUT2D eigenvalue weighted by Crippen LogP contribution is -2.39. The molecular formula is C26H23F3N4O5. The molecule has 38 heavy (non-hydrogen) atoms. The van der Waals surface area contributed by atoms with Crippen LogP contribution in [0.25, 0.3) is 11.1 Å². The number of benzene rings is 1. The van der Waals surface area contributed by atoms with Gasteiger partial charge in [0.15, 0.2) is 0 Å². The Labute approximate surface area is 214 Å². The van der Waals surface area contributed by atoms with Crippen LogP contribution in [-0.2, 0) is 24.9 Å². The van der Waals surface area contributed by atoms with Crippen molar-refractivity contribution >= 4 is 23.3 Å². The number of nitrogens with zero attached hydrogens (tertiary/aromatic N) is 3. The summed E-state index contributed by atoms with van der Waals surface area (Å²) < 4.78 is 45.6. The van der Waals surface area contributed by atoms with Crippen molar-refractivity contribution in [2.45, 2.75) is 32.5 Å². The Hall–Kier alpha value is -4.19. The predicted molar refractivity (Wildman–Crippen MR) is 131 cm³/mol. The van der Waals surface area contributed by atoms with Crippen molar-refractivity contribution in [2.24, 2.45) is 13.0 Å². The molecule has 1 aliphatic heterocycles. The van der Waals surface area contributed by atoms with E-state index >= 15 is 0 Å². The number of ether oxygens (including phenoxy) is 1. The third-order valence-electron chi connectivity index (χ3n) is 6.58. The molecule has 0 saturated heterocycles. The fourth-order valence-corrected chi connectivity index (χ4v) is 4.58. The molecule has 1 fully saturated rings. The summed E-state index contributed by atoms with van der Waals surface area (Å²) in [6, 6.07) is 5.03. The number of amides is 2. The molecule has 1 aliphatic carbocycles. The standard InChI is InChI=1S/C26H23F3N4O5/c1-32-11-15(9-20(24(32)36)31-23(35)13-2-3-13)17-4-6-30-22(18(17)12-34)33-7-5-14-8-16(38-26(28)29)10-19(27)21(14)25(33)37/h4,6,8-11,13,26,34H,2-3,5,7,12H2,1H3,(H,31,35). The fourth-order valence-electron chi connectivity index (χ4n) is 4.58. The number of aliphatic hydroxyl groups excluding tert-OH is 1. The molecule has 1 saturated carbocycles. The van der Waals surface area contributed by atoms with Gasteiger partial charge in [0.2, 0.25) is 5.91 Å². The Bertz CT molecular complexity index is 1500. The average molecular weight is 528 g/mol. The summed E-state index contributed by atoms with van der Waals surface area (Å²) in [6.07, 6.45) is 4.61. The summed E-state index contributed by atoms with van der Waals surface area (Å²) in [6.45, 7) is -3.63. The van der Waals surface area contributed by atoms with Gasteiger partial charge in [0, 0.05) is 49.1 Å². The average Bonchev–Trinajstić information content (AvgIpc) is 3.71. The molecule has 3 heterocycles. The van der Waals surface area contributed by atoms with Gasteiger partial charge in [-0.25, -0.2) is 9.37 Å². The van der Waals surface area contributed by atoms with Crippen LogP contribution >= 0.6 is 0 Å². The molecule has 9 nitrogen and oxygen atoms in total. The molecule has 0 spiro atoms. The van der Waals surface area contributed by atoms with Crippen molar-refractivity contribution in [3.05, 3.63) is 69.5 Å². The number of carbonyl (C=O) groups excluding carboxylic acids is 2. The Morgan fingerprint density at radius 3 is 2.71 bits per heavy atom. The molecule has 5 rings (SSSR count). The molecule has 3 aromatic rings. The van der Waals surface area contributed by atoms with Crippen LogP contribution < -0.4 is 20.5 Å². The number of hydrogen-bond acceptors (Lipinski definition) is 6. The maximum atomic E-state index is 14.8. The second kappa shape index (κ2) is 9.93. The monoisotopic (exact) mass is 528 g/mol. The molecule has 198 valence electrons. The Morgan fingerprint density at radius 1 is 1.26 bits per heavy atom. The summed E-state index contributed by atoms with van der Waals surface area (Å²) >= 11 is 0. The molecule has 1 aromatic carbocycles. The summed E-state index contributed by atoms with van der Waals surface area (Å²) in [5.41, 5.74) is 0.789. The molecule has 2 amide bonds. The van der Waals surface area contributed by atoms with Crippen molar-refractivity contribution < 1.29 is 32.6 Å². The zero-order chi connectivity index (χ0) is 27.1. The lowest BCUT2D eigenvalue weighted by atomic mass is 9.96. The van der Waals surface area contributed by atoms with Crippen LogP contribution in [0.2, 0.25) is 0 Å². The number of pyridine rings is 2. The highest BCUT2D eigenvalue weighted by Gasteiger charge is 2.33. The zero-order valence-electron chi connectivity index (χ0n) is 20.2. The maximum Gasteiger partial charge on any atom is 0.387 e. The molecule has 2 aromatic heterocycles. The summed E-state index contributed by atoms with van der Waals surface area (Å²) in [5, 5.41) is 13.0. The summed E-state index contributed by atoms with van der Waals surface area (Å²) in [5.74, 6) is -2.40. The first-order chi connectivity index (χ1) is 18.2. The number of aryl methyl sites for hydroxylation is 1. The number of hydrogen-bond donors (Lipinski definition) is 2. The van der Waals surface area contributed by atoms with Gasteiger partial charge in [-0.3, -0.25) is 19.3 Å². The van der Waals surface area contributed by atoms with E-state index < -0.39 is 30.5 Å². The zero-order valence-corrected chi connectivity index (χ0v) is 20.2. The van der Waals surface area contributed by atoms with Crippen LogP contribution in [0.5, 0.6) is 5.75 Å². The molecule has 0 bridgehead atoms. The van der Waals surface area contributed by atoms with Crippen molar-refractivity contribution in [1.82, 2.24) is 9.55 Å². The first-order valence-electron chi connectivity index (χ1n) is 11.9. The van der Waals surface area contributed by atoms with Gasteiger partial charge < -0.3 is 19.7 Å². The van der Waals surface area contributed by atoms with Crippen LogP contribution in [0, 0.1) is 11.7 Å². The number of aliphatic hydroxyl groups is 1. The Balaban J connectivity index is 1.53. The molecule has 12 heteroatoms. The Morgan fingerprint density at radius 2 is 2.03 bits per heavy atom. The van der Waals surface area contributed by atoms with Gasteiger partial charge in [0.1, 0.15) is 23.1 Å².